The van der Waals surface area contributed by atoms with E-state index in [4.69, 9.17) is 0 Å². The molecule has 2 aromatic rings. The number of rotatable bonds is 9. The van der Waals surface area contributed by atoms with Gasteiger partial charge in [0.05, 0.1) is 6.54 Å². The zero-order valence-corrected chi connectivity index (χ0v) is 17.3. The molecular weight excluding hydrogens is 384 g/mol. The summed E-state index contributed by atoms with van der Waals surface area (Å²) in [7, 11) is 1.42. The van der Waals surface area contributed by atoms with Crippen molar-refractivity contribution in [2.75, 3.05) is 13.6 Å². The van der Waals surface area contributed by atoms with Crippen LogP contribution in [-0.2, 0) is 9.59 Å². The number of hydrogen-bond acceptors (Lipinski definition) is 4. The molecule has 0 radical (unpaired) electrons. The predicted octanol–water partition coefficient (Wildman–Crippen LogP) is 2.61. The van der Waals surface area contributed by atoms with Crippen LogP contribution in [0.3, 0.4) is 0 Å². The lowest BCUT2D eigenvalue weighted by atomic mass is 10.0. The second kappa shape index (κ2) is 10.3. The van der Waals surface area contributed by atoms with E-state index in [0.29, 0.717) is 23.1 Å². The molecule has 2 N–H and O–H groups in total. The standard InChI is InChI=1S/C23H26N2O5/c1-15(2)13-19(23(29)30)25(3)20(26)14-24-22(28)18-11-9-17(10-12-18)21(27)16-7-5-4-6-8-16/h4-12,15,19H,13-14H2,1-3H3,(H,24,28)(H,29,30)/t19-/m1/s1. The number of carboxylic acid groups (broad SMARTS) is 1. The Labute approximate surface area is 175 Å². The Bertz CT molecular complexity index is 907. The molecule has 0 aliphatic heterocycles. The Morgan fingerprint density at radius 3 is 1.97 bits per heavy atom. The molecule has 0 saturated carbocycles. The zero-order valence-electron chi connectivity index (χ0n) is 17.3. The van der Waals surface area contributed by atoms with E-state index in [1.165, 1.54) is 19.2 Å². The van der Waals surface area contributed by atoms with Crippen molar-refractivity contribution in [3.63, 3.8) is 0 Å². The van der Waals surface area contributed by atoms with Crippen LogP contribution in [0.25, 0.3) is 0 Å². The summed E-state index contributed by atoms with van der Waals surface area (Å²) in [6, 6.07) is 14.0. The van der Waals surface area contributed by atoms with Gasteiger partial charge in [-0.05, 0) is 24.5 Å². The van der Waals surface area contributed by atoms with Crippen molar-refractivity contribution < 1.29 is 24.3 Å². The van der Waals surface area contributed by atoms with Crippen LogP contribution in [-0.4, -0.2) is 53.2 Å². The monoisotopic (exact) mass is 410 g/mol. The quantitative estimate of drug-likeness (QED) is 0.619. The summed E-state index contributed by atoms with van der Waals surface area (Å²) in [4.78, 5) is 49.6. The van der Waals surface area contributed by atoms with Crippen molar-refractivity contribution in [1.82, 2.24) is 10.2 Å². The molecule has 0 saturated heterocycles. The topological polar surface area (TPSA) is 104 Å². The summed E-state index contributed by atoms with van der Waals surface area (Å²) >= 11 is 0. The minimum absolute atomic E-state index is 0.105. The molecule has 30 heavy (non-hydrogen) atoms. The van der Waals surface area contributed by atoms with E-state index in [9.17, 15) is 24.3 Å². The van der Waals surface area contributed by atoms with Crippen LogP contribution in [0.4, 0.5) is 0 Å². The average molecular weight is 410 g/mol. The van der Waals surface area contributed by atoms with E-state index in [1.807, 2.05) is 19.9 Å². The number of ketones is 1. The minimum atomic E-state index is -1.08. The Balaban J connectivity index is 1.96. The van der Waals surface area contributed by atoms with Gasteiger partial charge < -0.3 is 15.3 Å². The molecule has 2 rings (SSSR count). The largest absolute Gasteiger partial charge is 0.480 e. The van der Waals surface area contributed by atoms with Gasteiger partial charge in [-0.15, -0.1) is 0 Å². The third kappa shape index (κ3) is 6.01. The number of amides is 2. The number of carboxylic acids is 1. The third-order valence-electron chi connectivity index (χ3n) is 4.69. The number of nitrogens with zero attached hydrogens (tertiary/aromatic N) is 1. The first-order chi connectivity index (χ1) is 14.2. The number of hydrogen-bond donors (Lipinski definition) is 2. The fourth-order valence-corrected chi connectivity index (χ4v) is 2.96. The molecule has 0 aliphatic rings. The molecule has 0 bridgehead atoms. The molecular formula is C23H26N2O5. The molecule has 0 fully saturated rings. The Kier molecular flexibility index (Phi) is 7.86. The van der Waals surface area contributed by atoms with Crippen molar-refractivity contribution in [1.29, 1.82) is 0 Å². The van der Waals surface area contributed by atoms with Crippen LogP contribution < -0.4 is 5.32 Å². The SMILES string of the molecule is CC(C)C[C@H](C(=O)O)N(C)C(=O)CNC(=O)c1ccc(C(=O)c2ccccc2)cc1. The Morgan fingerprint density at radius 1 is 0.900 bits per heavy atom. The Hall–Kier alpha value is -3.48. The van der Waals surface area contributed by atoms with Crippen molar-refractivity contribution in [3.8, 4) is 0 Å². The summed E-state index contributed by atoms with van der Waals surface area (Å²) in [5.74, 6) is -2.10. The number of benzene rings is 2. The maximum atomic E-state index is 12.4. The maximum Gasteiger partial charge on any atom is 0.326 e. The molecule has 158 valence electrons. The maximum absolute atomic E-state index is 12.4. The highest BCUT2D eigenvalue weighted by Gasteiger charge is 2.27. The number of aliphatic carboxylic acids is 1. The van der Waals surface area contributed by atoms with Gasteiger partial charge in [0, 0.05) is 23.7 Å². The average Bonchev–Trinajstić information content (AvgIpc) is 2.75. The molecule has 1 atom stereocenters. The molecule has 7 heteroatoms. The lowest BCUT2D eigenvalue weighted by Crippen LogP contribution is -2.47. The second-order valence-corrected chi connectivity index (χ2v) is 7.44. The van der Waals surface area contributed by atoms with Gasteiger partial charge in [-0.25, -0.2) is 4.79 Å². The van der Waals surface area contributed by atoms with Crippen LogP contribution in [0, 0.1) is 5.92 Å². The fraction of sp³-hybridized carbons (Fsp3) is 0.304. The fourth-order valence-electron chi connectivity index (χ4n) is 2.96. The summed E-state index contributed by atoms with van der Waals surface area (Å²) in [5.41, 5.74) is 1.30. The number of likely N-dealkylation sites (N-methyl/N-ethyl adjacent to an activating group) is 1. The normalized spacial score (nSPS) is 11.6. The highest BCUT2D eigenvalue weighted by Crippen LogP contribution is 2.12. The number of carbonyl (C=O) groups excluding carboxylic acids is 3. The van der Waals surface area contributed by atoms with Crippen molar-refractivity contribution in [2.24, 2.45) is 5.92 Å². The molecule has 2 aromatic carbocycles. The minimum Gasteiger partial charge on any atom is -0.480 e. The molecule has 7 nitrogen and oxygen atoms in total. The van der Waals surface area contributed by atoms with Crippen molar-refractivity contribution in [3.05, 3.63) is 71.3 Å². The highest BCUT2D eigenvalue weighted by atomic mass is 16.4. The zero-order chi connectivity index (χ0) is 22.3. The van der Waals surface area contributed by atoms with Crippen LogP contribution >= 0.6 is 0 Å². The smallest absolute Gasteiger partial charge is 0.326 e. The van der Waals surface area contributed by atoms with Crippen molar-refractivity contribution in [2.45, 2.75) is 26.3 Å². The number of nitrogens with one attached hydrogen (secondary N) is 1. The molecule has 0 spiro atoms. The summed E-state index contributed by atoms with van der Waals surface area (Å²) < 4.78 is 0. The van der Waals surface area contributed by atoms with E-state index >= 15 is 0 Å². The van der Waals surface area contributed by atoms with E-state index in [2.05, 4.69) is 5.32 Å². The molecule has 0 unspecified atom stereocenters. The Morgan fingerprint density at radius 2 is 1.43 bits per heavy atom. The van der Waals surface area contributed by atoms with Gasteiger partial charge in [0.1, 0.15) is 6.04 Å². The van der Waals surface area contributed by atoms with Gasteiger partial charge in [0.2, 0.25) is 5.91 Å². The van der Waals surface area contributed by atoms with Crippen LogP contribution in [0.1, 0.15) is 46.5 Å². The predicted molar refractivity (Wildman–Crippen MR) is 112 cm³/mol. The van der Waals surface area contributed by atoms with Gasteiger partial charge in [-0.2, -0.15) is 0 Å². The molecule has 0 heterocycles. The first-order valence-corrected chi connectivity index (χ1v) is 9.67. The van der Waals surface area contributed by atoms with Crippen LogP contribution in [0.2, 0.25) is 0 Å². The van der Waals surface area contributed by atoms with Crippen LogP contribution in [0.5, 0.6) is 0 Å². The second-order valence-electron chi connectivity index (χ2n) is 7.44. The van der Waals surface area contributed by atoms with Gasteiger partial charge in [0.25, 0.3) is 5.91 Å². The molecule has 0 aromatic heterocycles. The van der Waals surface area contributed by atoms with E-state index in [1.54, 1.807) is 36.4 Å². The van der Waals surface area contributed by atoms with E-state index < -0.39 is 23.8 Å². The van der Waals surface area contributed by atoms with Gasteiger partial charge >= 0.3 is 5.97 Å². The van der Waals surface area contributed by atoms with E-state index in [-0.39, 0.29) is 18.2 Å². The van der Waals surface area contributed by atoms with Gasteiger partial charge in [-0.3, -0.25) is 14.4 Å². The third-order valence-corrected chi connectivity index (χ3v) is 4.69. The first kappa shape index (κ1) is 22.8. The molecule has 2 amide bonds. The lowest BCUT2D eigenvalue weighted by Gasteiger charge is -2.26. The summed E-state index contributed by atoms with van der Waals surface area (Å²) in [5, 5.41) is 11.8. The van der Waals surface area contributed by atoms with E-state index in [0.717, 1.165) is 4.90 Å². The van der Waals surface area contributed by atoms with Gasteiger partial charge in [0.15, 0.2) is 5.78 Å². The first-order valence-electron chi connectivity index (χ1n) is 9.67. The number of carbonyl (C=O) groups is 4. The summed E-state index contributed by atoms with van der Waals surface area (Å²) in [6.07, 6.45) is 0.322. The van der Waals surface area contributed by atoms with Crippen LogP contribution in [0.15, 0.2) is 54.6 Å². The molecule has 0 aliphatic carbocycles. The van der Waals surface area contributed by atoms with Gasteiger partial charge in [-0.1, -0.05) is 56.3 Å². The highest BCUT2D eigenvalue weighted by molar-refractivity contribution is 6.09. The summed E-state index contributed by atoms with van der Waals surface area (Å²) in [6.45, 7) is 3.44. The lowest BCUT2D eigenvalue weighted by molar-refractivity contribution is -0.149. The van der Waals surface area contributed by atoms with Crippen molar-refractivity contribution >= 4 is 23.6 Å².